The SMILES string of the molecule is COc1ccc(OC)c(-c2noc(-c3c(C)cccc3C)c2CO)c1. The topological polar surface area (TPSA) is 64.7 Å². The van der Waals surface area contributed by atoms with Gasteiger partial charge in [0.2, 0.25) is 0 Å². The number of aliphatic hydroxyl groups is 1. The third-order valence-corrected chi connectivity index (χ3v) is 4.32. The van der Waals surface area contributed by atoms with Gasteiger partial charge in [0.1, 0.15) is 17.2 Å². The molecule has 0 aliphatic carbocycles. The van der Waals surface area contributed by atoms with Crippen molar-refractivity contribution in [3.05, 3.63) is 53.1 Å². The highest BCUT2D eigenvalue weighted by Crippen LogP contribution is 2.40. The number of benzene rings is 2. The quantitative estimate of drug-likeness (QED) is 0.757. The Morgan fingerprint density at radius 2 is 1.76 bits per heavy atom. The molecule has 0 saturated heterocycles. The summed E-state index contributed by atoms with van der Waals surface area (Å²) in [6.07, 6.45) is 0. The highest BCUT2D eigenvalue weighted by molar-refractivity contribution is 5.79. The summed E-state index contributed by atoms with van der Waals surface area (Å²) in [5.41, 5.74) is 4.98. The van der Waals surface area contributed by atoms with Gasteiger partial charge < -0.3 is 19.1 Å². The van der Waals surface area contributed by atoms with E-state index in [0.29, 0.717) is 34.1 Å². The van der Waals surface area contributed by atoms with Crippen LogP contribution >= 0.6 is 0 Å². The fourth-order valence-electron chi connectivity index (χ4n) is 3.04. The van der Waals surface area contributed by atoms with Crippen molar-refractivity contribution in [3.8, 4) is 34.1 Å². The molecule has 0 fully saturated rings. The Morgan fingerprint density at radius 1 is 1.04 bits per heavy atom. The number of aromatic nitrogens is 1. The van der Waals surface area contributed by atoms with Gasteiger partial charge in [-0.05, 0) is 43.2 Å². The van der Waals surface area contributed by atoms with Crippen molar-refractivity contribution in [1.82, 2.24) is 5.16 Å². The van der Waals surface area contributed by atoms with Crippen molar-refractivity contribution in [3.63, 3.8) is 0 Å². The van der Waals surface area contributed by atoms with E-state index in [1.54, 1.807) is 14.2 Å². The lowest BCUT2D eigenvalue weighted by Gasteiger charge is -2.10. The van der Waals surface area contributed by atoms with E-state index in [0.717, 1.165) is 16.7 Å². The van der Waals surface area contributed by atoms with Crippen molar-refractivity contribution < 1.29 is 19.1 Å². The van der Waals surface area contributed by atoms with Crippen molar-refractivity contribution >= 4 is 0 Å². The Bertz CT molecular complexity index is 878. The standard InChI is InChI=1S/C20H21NO4/c1-12-6-5-7-13(2)18(12)20-16(11-22)19(21-25-20)15-10-14(23-3)8-9-17(15)24-4/h5-10,22H,11H2,1-4H3. The summed E-state index contributed by atoms with van der Waals surface area (Å²) in [7, 11) is 3.19. The minimum Gasteiger partial charge on any atom is -0.497 e. The summed E-state index contributed by atoms with van der Waals surface area (Å²) >= 11 is 0. The van der Waals surface area contributed by atoms with Crippen LogP contribution < -0.4 is 9.47 Å². The van der Waals surface area contributed by atoms with Crippen LogP contribution in [0.3, 0.4) is 0 Å². The summed E-state index contributed by atoms with van der Waals surface area (Å²) < 4.78 is 16.4. The number of rotatable bonds is 5. The van der Waals surface area contributed by atoms with Crippen LogP contribution in [0.25, 0.3) is 22.6 Å². The second-order valence-corrected chi connectivity index (χ2v) is 5.83. The second kappa shape index (κ2) is 6.99. The summed E-state index contributed by atoms with van der Waals surface area (Å²) in [5.74, 6) is 1.89. The monoisotopic (exact) mass is 339 g/mol. The Balaban J connectivity index is 2.23. The van der Waals surface area contributed by atoms with Gasteiger partial charge in [0, 0.05) is 11.1 Å². The number of aryl methyl sites for hydroxylation is 2. The Hall–Kier alpha value is -2.79. The molecule has 1 aromatic heterocycles. The molecule has 3 rings (SSSR count). The lowest BCUT2D eigenvalue weighted by atomic mass is 9.96. The number of hydrogen-bond acceptors (Lipinski definition) is 5. The maximum atomic E-state index is 10.0. The number of methoxy groups -OCH3 is 2. The van der Waals surface area contributed by atoms with E-state index in [9.17, 15) is 5.11 Å². The molecule has 1 N–H and O–H groups in total. The number of aliphatic hydroxyl groups excluding tert-OH is 1. The Labute approximate surface area is 146 Å². The number of nitrogens with zero attached hydrogens (tertiary/aromatic N) is 1. The minimum absolute atomic E-state index is 0.192. The molecule has 2 aromatic carbocycles. The molecule has 5 nitrogen and oxygen atoms in total. The van der Waals surface area contributed by atoms with Crippen LogP contribution in [0.15, 0.2) is 40.9 Å². The molecule has 3 aromatic rings. The molecule has 1 heterocycles. The lowest BCUT2D eigenvalue weighted by Crippen LogP contribution is -1.95. The number of hydrogen-bond donors (Lipinski definition) is 1. The summed E-state index contributed by atoms with van der Waals surface area (Å²) in [4.78, 5) is 0. The molecule has 5 heteroatoms. The second-order valence-electron chi connectivity index (χ2n) is 5.83. The first-order chi connectivity index (χ1) is 12.1. The van der Waals surface area contributed by atoms with Gasteiger partial charge >= 0.3 is 0 Å². The molecule has 0 unspecified atom stereocenters. The predicted molar refractivity (Wildman–Crippen MR) is 95.9 cm³/mol. The van der Waals surface area contributed by atoms with Gasteiger partial charge in [0.15, 0.2) is 5.76 Å². The molecule has 0 spiro atoms. The van der Waals surface area contributed by atoms with Gasteiger partial charge in [-0.3, -0.25) is 0 Å². The largest absolute Gasteiger partial charge is 0.497 e. The fraction of sp³-hybridized carbons (Fsp3) is 0.250. The van der Waals surface area contributed by atoms with E-state index in [-0.39, 0.29) is 6.61 Å². The smallest absolute Gasteiger partial charge is 0.173 e. The zero-order chi connectivity index (χ0) is 18.0. The van der Waals surface area contributed by atoms with Crippen molar-refractivity contribution in [2.75, 3.05) is 14.2 Å². The van der Waals surface area contributed by atoms with Crippen LogP contribution in [0.4, 0.5) is 0 Å². The molecule has 0 aliphatic heterocycles. The number of ether oxygens (including phenoxy) is 2. The van der Waals surface area contributed by atoms with Crippen LogP contribution in [0.1, 0.15) is 16.7 Å². The van der Waals surface area contributed by atoms with Gasteiger partial charge in [-0.15, -0.1) is 0 Å². The van der Waals surface area contributed by atoms with Crippen LogP contribution in [0.2, 0.25) is 0 Å². The van der Waals surface area contributed by atoms with E-state index in [4.69, 9.17) is 14.0 Å². The minimum atomic E-state index is -0.192. The van der Waals surface area contributed by atoms with Crippen LogP contribution in [-0.2, 0) is 6.61 Å². The molecule has 0 saturated carbocycles. The van der Waals surface area contributed by atoms with Gasteiger partial charge in [0.25, 0.3) is 0 Å². The molecule has 25 heavy (non-hydrogen) atoms. The van der Waals surface area contributed by atoms with Crippen LogP contribution in [0.5, 0.6) is 11.5 Å². The lowest BCUT2D eigenvalue weighted by molar-refractivity contribution is 0.281. The summed E-state index contributed by atoms with van der Waals surface area (Å²) in [5, 5.41) is 14.2. The van der Waals surface area contributed by atoms with Gasteiger partial charge in [-0.25, -0.2) is 0 Å². The first-order valence-electron chi connectivity index (χ1n) is 7.99. The van der Waals surface area contributed by atoms with E-state index in [1.807, 2.05) is 50.2 Å². The zero-order valence-corrected chi connectivity index (χ0v) is 14.8. The molecule has 0 aliphatic rings. The predicted octanol–water partition coefficient (Wildman–Crippen LogP) is 4.13. The third-order valence-electron chi connectivity index (χ3n) is 4.32. The molecule has 0 radical (unpaired) electrons. The van der Waals surface area contributed by atoms with E-state index >= 15 is 0 Å². The van der Waals surface area contributed by atoms with Crippen LogP contribution in [-0.4, -0.2) is 24.5 Å². The van der Waals surface area contributed by atoms with Gasteiger partial charge in [-0.2, -0.15) is 0 Å². The van der Waals surface area contributed by atoms with Crippen LogP contribution in [0, 0.1) is 13.8 Å². The summed E-state index contributed by atoms with van der Waals surface area (Å²) in [6.45, 7) is 3.83. The molecular formula is C20H21NO4. The van der Waals surface area contributed by atoms with Crippen molar-refractivity contribution in [1.29, 1.82) is 0 Å². The first-order valence-corrected chi connectivity index (χ1v) is 7.99. The van der Waals surface area contributed by atoms with E-state index < -0.39 is 0 Å². The average molecular weight is 339 g/mol. The first kappa shape index (κ1) is 17.0. The molecular weight excluding hydrogens is 318 g/mol. The Kier molecular flexibility index (Phi) is 4.76. The van der Waals surface area contributed by atoms with Gasteiger partial charge in [-0.1, -0.05) is 23.4 Å². The fourth-order valence-corrected chi connectivity index (χ4v) is 3.04. The van der Waals surface area contributed by atoms with Crippen molar-refractivity contribution in [2.45, 2.75) is 20.5 Å². The zero-order valence-electron chi connectivity index (χ0n) is 14.8. The maximum absolute atomic E-state index is 10.0. The van der Waals surface area contributed by atoms with Gasteiger partial charge in [0.05, 0.1) is 26.4 Å². The highest BCUT2D eigenvalue weighted by Gasteiger charge is 2.23. The van der Waals surface area contributed by atoms with E-state index in [2.05, 4.69) is 5.16 Å². The maximum Gasteiger partial charge on any atom is 0.173 e. The third kappa shape index (κ3) is 2.98. The normalized spacial score (nSPS) is 10.8. The van der Waals surface area contributed by atoms with Crippen molar-refractivity contribution in [2.24, 2.45) is 0 Å². The molecule has 130 valence electrons. The Morgan fingerprint density at radius 3 is 2.36 bits per heavy atom. The van der Waals surface area contributed by atoms with E-state index in [1.165, 1.54) is 0 Å². The summed E-state index contributed by atoms with van der Waals surface area (Å²) in [6, 6.07) is 11.5. The molecule has 0 amide bonds. The average Bonchev–Trinajstić information content (AvgIpc) is 3.04. The molecule has 0 bridgehead atoms. The highest BCUT2D eigenvalue weighted by atomic mass is 16.5. The molecule has 0 atom stereocenters.